The zero-order valence-electron chi connectivity index (χ0n) is 40.4. The molecule has 2 fully saturated rings. The Morgan fingerprint density at radius 3 is 2.41 bits per heavy atom. The van der Waals surface area contributed by atoms with Gasteiger partial charge in [0.05, 0.1) is 24.8 Å². The number of hydrogen-bond donors (Lipinski definition) is 3. The topological polar surface area (TPSA) is 176 Å². The van der Waals surface area contributed by atoms with Crippen molar-refractivity contribution in [3.8, 4) is 28.1 Å². The van der Waals surface area contributed by atoms with Crippen molar-refractivity contribution in [3.63, 3.8) is 0 Å². The number of benzene rings is 2. The predicted octanol–water partition coefficient (Wildman–Crippen LogP) is 5.69. The zero-order chi connectivity index (χ0) is 46.0. The van der Waals surface area contributed by atoms with Crippen molar-refractivity contribution in [3.05, 3.63) is 71.5 Å². The minimum atomic E-state index is -1.16. The molecule has 2 aromatic carbocycles. The molecular formula is C49H71N7O8S4. The van der Waals surface area contributed by atoms with E-state index in [1.165, 1.54) is 9.91 Å². The average molecular weight is 1010 g/mol. The molecular weight excluding hydrogens is 943 g/mol. The van der Waals surface area contributed by atoms with Crippen molar-refractivity contribution in [1.82, 2.24) is 35.1 Å². The molecule has 3 aliphatic rings. The first kappa shape index (κ1) is 57.9. The summed E-state index contributed by atoms with van der Waals surface area (Å²) in [5, 5.41) is 16.7. The Kier molecular flexibility index (Phi) is 20.8. The second kappa shape index (κ2) is 24.4. The summed E-state index contributed by atoms with van der Waals surface area (Å²) in [4.78, 5) is 77.0. The standard InChI is InChI=1S/C49H63N7O8.4H2S/c1-9-54-26-34(23-42(54)58)46(60)53(7)43(29(3)4)45(59)51-40-20-30-18-33(21-35(57)19-30)31-13-14-41-36(22-31)37(44(55(41)10-2)38-25-50-16-15-32(38)27-63-8)24-49(5,6)28-64-48(62)39-12-11-17-56(52-39)47(40)61;;;;/h13-16,18-19,21-22,25,29,34,39-40,43,52,57H,9-12,17,20,23-24,26-28H2,1-8H3,(H,51,59);4*1H2/t34-,39-,40-,43-;;;;/m0..../s1. The number of ether oxygens (including phenoxy) is 2. The number of aromatic nitrogens is 2. The maximum Gasteiger partial charge on any atom is 0.324 e. The van der Waals surface area contributed by atoms with Crippen LogP contribution in [-0.2, 0) is 59.4 Å². The van der Waals surface area contributed by atoms with Crippen molar-refractivity contribution in [1.29, 1.82) is 0 Å². The third kappa shape index (κ3) is 12.3. The molecule has 19 heteroatoms. The van der Waals surface area contributed by atoms with Gasteiger partial charge >= 0.3 is 5.97 Å². The Balaban J connectivity index is 0.00000306. The van der Waals surface area contributed by atoms with E-state index in [-0.39, 0.29) is 110 Å². The fraction of sp³-hybridized carbons (Fsp3) is 0.510. The van der Waals surface area contributed by atoms with E-state index in [4.69, 9.17) is 9.47 Å². The van der Waals surface area contributed by atoms with Crippen LogP contribution in [0.3, 0.4) is 0 Å². The summed E-state index contributed by atoms with van der Waals surface area (Å²) in [6.45, 7) is 14.0. The minimum Gasteiger partial charge on any atom is -0.508 e. The van der Waals surface area contributed by atoms with Crippen molar-refractivity contribution >= 4 is 94.5 Å². The normalized spacial score (nSPS) is 19.7. The van der Waals surface area contributed by atoms with E-state index in [1.807, 2.05) is 45.2 Å². The maximum atomic E-state index is 14.7. The molecule has 2 aromatic heterocycles. The molecule has 0 saturated carbocycles. The van der Waals surface area contributed by atoms with Gasteiger partial charge in [-0.1, -0.05) is 39.8 Å². The number of hydrogen-bond acceptors (Lipinski definition) is 10. The van der Waals surface area contributed by atoms with Crippen LogP contribution in [0.5, 0.6) is 5.75 Å². The first-order valence-electron chi connectivity index (χ1n) is 22.5. The van der Waals surface area contributed by atoms with Gasteiger partial charge in [-0.15, -0.1) is 0 Å². The second-order valence-corrected chi connectivity index (χ2v) is 18.7. The number of likely N-dealkylation sites (tertiary alicyclic amines) is 1. The highest BCUT2D eigenvalue weighted by Crippen LogP contribution is 2.41. The van der Waals surface area contributed by atoms with E-state index in [2.05, 4.69) is 53.2 Å². The number of aryl methyl sites for hydroxylation is 1. The molecule has 3 N–H and O–H groups in total. The van der Waals surface area contributed by atoms with Gasteiger partial charge < -0.3 is 34.3 Å². The van der Waals surface area contributed by atoms with E-state index in [0.29, 0.717) is 44.5 Å². The molecule has 2 saturated heterocycles. The van der Waals surface area contributed by atoms with E-state index in [1.54, 1.807) is 37.4 Å². The molecule has 0 radical (unpaired) electrons. The highest BCUT2D eigenvalue weighted by molar-refractivity contribution is 7.59. The first-order valence-corrected chi connectivity index (χ1v) is 22.5. The molecule has 4 aromatic rings. The Labute approximate surface area is 428 Å². The minimum absolute atomic E-state index is 0. The summed E-state index contributed by atoms with van der Waals surface area (Å²) in [6.07, 6.45) is 5.21. The number of nitrogens with one attached hydrogen (secondary N) is 2. The van der Waals surface area contributed by atoms with E-state index < -0.39 is 47.2 Å². The fourth-order valence-corrected chi connectivity index (χ4v) is 9.78. The number of phenols is 1. The quantitative estimate of drug-likeness (QED) is 0.168. The molecule has 15 nitrogen and oxygen atoms in total. The van der Waals surface area contributed by atoms with Crippen LogP contribution in [0.15, 0.2) is 54.9 Å². The largest absolute Gasteiger partial charge is 0.508 e. The lowest BCUT2D eigenvalue weighted by Crippen LogP contribution is -2.62. The average Bonchev–Trinajstić information content (AvgIpc) is 3.80. The van der Waals surface area contributed by atoms with Gasteiger partial charge in [0.1, 0.15) is 23.9 Å². The van der Waals surface area contributed by atoms with Gasteiger partial charge in [0.25, 0.3) is 5.91 Å². The van der Waals surface area contributed by atoms with Gasteiger partial charge in [-0.3, -0.25) is 34.0 Å². The predicted molar refractivity (Wildman–Crippen MR) is 284 cm³/mol. The number of cyclic esters (lactones) is 1. The van der Waals surface area contributed by atoms with Crippen LogP contribution in [-0.4, -0.2) is 118 Å². The highest BCUT2D eigenvalue weighted by atomic mass is 32.1. The highest BCUT2D eigenvalue weighted by Gasteiger charge is 2.41. The summed E-state index contributed by atoms with van der Waals surface area (Å²) in [5.74, 6) is -2.84. The monoisotopic (exact) mass is 1010 g/mol. The lowest BCUT2D eigenvalue weighted by atomic mass is 9.84. The summed E-state index contributed by atoms with van der Waals surface area (Å²) >= 11 is 0. The number of pyridine rings is 1. The molecule has 4 atom stereocenters. The second-order valence-electron chi connectivity index (χ2n) is 18.7. The van der Waals surface area contributed by atoms with Crippen molar-refractivity contribution in [2.75, 3.05) is 40.4 Å². The molecule has 6 bridgehead atoms. The van der Waals surface area contributed by atoms with Gasteiger partial charge in [0.2, 0.25) is 17.7 Å². The molecule has 0 aliphatic carbocycles. The SMILES string of the molecule is CCN1C[C@@H](C(=O)N(C)[C@H](C(=O)N[C@H]2Cc3cc(O)cc(c3)-c3ccc4c(c3)c(c(-c3cnccc3COC)n4CC)CC(C)(C)COC(=O)[C@@H]3CCCN(N3)C2=O)C(C)C)CC1=O.S.S.S.S. The van der Waals surface area contributed by atoms with Crippen LogP contribution in [0.25, 0.3) is 33.3 Å². The molecule has 5 heterocycles. The van der Waals surface area contributed by atoms with Crippen LogP contribution in [0.1, 0.15) is 77.5 Å². The van der Waals surface area contributed by atoms with Crippen LogP contribution in [0, 0.1) is 17.3 Å². The van der Waals surface area contributed by atoms with Gasteiger partial charge in [-0.2, -0.15) is 54.0 Å². The lowest BCUT2D eigenvalue weighted by Gasteiger charge is -2.37. The van der Waals surface area contributed by atoms with Crippen molar-refractivity contribution in [2.45, 2.75) is 105 Å². The van der Waals surface area contributed by atoms with Crippen molar-refractivity contribution in [2.24, 2.45) is 17.3 Å². The lowest BCUT2D eigenvalue weighted by molar-refractivity contribution is -0.155. The van der Waals surface area contributed by atoms with Gasteiger partial charge in [0, 0.05) is 87.5 Å². The third-order valence-corrected chi connectivity index (χ3v) is 12.9. The Hall–Kier alpha value is -4.40. The Bertz CT molecular complexity index is 2450. The smallest absolute Gasteiger partial charge is 0.324 e. The van der Waals surface area contributed by atoms with Crippen molar-refractivity contribution < 1.29 is 38.6 Å². The van der Waals surface area contributed by atoms with Crippen LogP contribution in [0.4, 0.5) is 0 Å². The zero-order valence-corrected chi connectivity index (χ0v) is 44.4. The number of amides is 4. The molecule has 4 amide bonds. The fourth-order valence-electron chi connectivity index (χ4n) is 9.78. The van der Waals surface area contributed by atoms with E-state index in [9.17, 15) is 29.1 Å². The Morgan fingerprint density at radius 2 is 1.75 bits per heavy atom. The summed E-state index contributed by atoms with van der Waals surface area (Å²) < 4.78 is 14.0. The van der Waals surface area contributed by atoms with E-state index >= 15 is 0 Å². The summed E-state index contributed by atoms with van der Waals surface area (Å²) in [7, 11) is 3.24. The van der Waals surface area contributed by atoms with Crippen LogP contribution < -0.4 is 10.7 Å². The number of fused-ring (bicyclic) bond motifs is 6. The number of nitrogens with zero attached hydrogens (tertiary/aromatic N) is 5. The van der Waals surface area contributed by atoms with Crippen LogP contribution >= 0.6 is 54.0 Å². The molecule has 374 valence electrons. The number of phenolic OH excluding ortho intramolecular Hbond substituents is 1. The molecule has 7 rings (SSSR count). The van der Waals surface area contributed by atoms with Gasteiger partial charge in [0.15, 0.2) is 0 Å². The Morgan fingerprint density at radius 1 is 1.01 bits per heavy atom. The number of esters is 1. The summed E-state index contributed by atoms with van der Waals surface area (Å²) in [6, 6.07) is 10.5. The number of rotatable bonds is 10. The summed E-state index contributed by atoms with van der Waals surface area (Å²) in [5.41, 5.74) is 9.74. The maximum absolute atomic E-state index is 14.7. The molecule has 68 heavy (non-hydrogen) atoms. The first-order chi connectivity index (χ1) is 30.5. The van der Waals surface area contributed by atoms with Crippen LogP contribution in [0.2, 0.25) is 0 Å². The van der Waals surface area contributed by atoms with Gasteiger partial charge in [-0.05, 0) is 97.2 Å². The number of likely N-dealkylation sites (N-methyl/N-ethyl adjacent to an activating group) is 1. The molecule has 0 spiro atoms. The number of carbonyl (C=O) groups excluding carboxylic acids is 5. The van der Waals surface area contributed by atoms with Gasteiger partial charge in [-0.25, -0.2) is 5.43 Å². The number of carbonyl (C=O) groups is 5. The number of aromatic hydroxyl groups is 1. The number of methoxy groups -OCH3 is 1. The molecule has 0 unspecified atom stereocenters. The number of hydrazine groups is 1. The third-order valence-electron chi connectivity index (χ3n) is 12.9. The molecule has 3 aliphatic heterocycles. The van der Waals surface area contributed by atoms with E-state index in [0.717, 1.165) is 44.4 Å².